The molecule has 1 aromatic carbocycles. The molecule has 0 saturated carbocycles. The summed E-state index contributed by atoms with van der Waals surface area (Å²) in [5.74, 6) is 2.69. The molecule has 4 rings (SSSR count). The van der Waals surface area contributed by atoms with Crippen molar-refractivity contribution in [1.82, 2.24) is 15.2 Å². The van der Waals surface area contributed by atoms with Crippen LogP contribution < -0.4 is 10.2 Å². The highest BCUT2D eigenvalue weighted by molar-refractivity contribution is 6.01. The summed E-state index contributed by atoms with van der Waals surface area (Å²) in [5.41, 5.74) is 2.70. The third-order valence-corrected chi connectivity index (χ3v) is 5.56. The van der Waals surface area contributed by atoms with Crippen LogP contribution in [-0.2, 0) is 0 Å². The van der Waals surface area contributed by atoms with Crippen LogP contribution >= 0.6 is 0 Å². The molecular weight excluding hydrogens is 334 g/mol. The lowest BCUT2D eigenvalue weighted by molar-refractivity contribution is 0.255. The zero-order chi connectivity index (χ0) is 18.5. The Morgan fingerprint density at radius 2 is 1.85 bits per heavy atom. The van der Waals surface area contributed by atoms with Gasteiger partial charge in [0.25, 0.3) is 0 Å². The molecule has 1 unspecified atom stereocenters. The normalized spacial score (nSPS) is 20.1. The average Bonchev–Trinajstić information content (AvgIpc) is 2.74. The zero-order valence-electron chi connectivity index (χ0n) is 16.1. The van der Waals surface area contributed by atoms with Crippen LogP contribution in [0.5, 0.6) is 0 Å². The predicted octanol–water partition coefficient (Wildman–Crippen LogP) is 2.75. The van der Waals surface area contributed by atoms with E-state index in [-0.39, 0.29) is 0 Å². The first kappa shape index (κ1) is 18.0. The van der Waals surface area contributed by atoms with Gasteiger partial charge < -0.3 is 10.2 Å². The van der Waals surface area contributed by atoms with Gasteiger partial charge in [-0.2, -0.15) is 0 Å². The van der Waals surface area contributed by atoms with Crippen molar-refractivity contribution in [2.24, 2.45) is 4.99 Å². The molecule has 2 aromatic rings. The molecule has 2 aliphatic rings. The number of hydrogen-bond acceptors (Lipinski definition) is 5. The topological polar surface area (TPSA) is 43.8 Å². The Morgan fingerprint density at radius 3 is 2.67 bits per heavy atom. The molecule has 1 fully saturated rings. The lowest BCUT2D eigenvalue weighted by Gasteiger charge is -2.35. The van der Waals surface area contributed by atoms with E-state index in [1.54, 1.807) is 0 Å². The number of amidine groups is 1. The van der Waals surface area contributed by atoms with Gasteiger partial charge in [0.15, 0.2) is 0 Å². The van der Waals surface area contributed by atoms with Crippen LogP contribution in [0, 0.1) is 0 Å². The fourth-order valence-electron chi connectivity index (χ4n) is 3.96. The first-order chi connectivity index (χ1) is 13.3. The number of piperazine rings is 1. The van der Waals surface area contributed by atoms with Gasteiger partial charge in [0.05, 0.1) is 0 Å². The molecule has 1 aromatic heterocycles. The largest absolute Gasteiger partial charge is 0.370 e. The number of aromatic nitrogens is 1. The van der Waals surface area contributed by atoms with Gasteiger partial charge in [0, 0.05) is 56.9 Å². The van der Waals surface area contributed by atoms with E-state index in [1.165, 1.54) is 11.1 Å². The Bertz CT molecular complexity index is 765. The molecule has 3 heterocycles. The Kier molecular flexibility index (Phi) is 5.68. The molecule has 1 atom stereocenters. The molecule has 0 amide bonds. The van der Waals surface area contributed by atoms with Crippen LogP contribution in [0.25, 0.3) is 0 Å². The summed E-state index contributed by atoms with van der Waals surface area (Å²) in [7, 11) is 0. The van der Waals surface area contributed by atoms with Gasteiger partial charge >= 0.3 is 0 Å². The molecule has 0 spiro atoms. The minimum atomic E-state index is 0.516. The smallest absolute Gasteiger partial charge is 0.128 e. The van der Waals surface area contributed by atoms with Gasteiger partial charge in [-0.15, -0.1) is 0 Å². The van der Waals surface area contributed by atoms with Crippen molar-refractivity contribution >= 4 is 11.7 Å². The molecule has 1 N–H and O–H groups in total. The zero-order valence-corrected chi connectivity index (χ0v) is 16.1. The second-order valence-electron chi connectivity index (χ2n) is 7.47. The van der Waals surface area contributed by atoms with Gasteiger partial charge in [-0.05, 0) is 30.7 Å². The first-order valence-electron chi connectivity index (χ1n) is 10.1. The Hall–Kier alpha value is -2.40. The molecule has 0 radical (unpaired) electrons. The lowest BCUT2D eigenvalue weighted by Crippen LogP contribution is -2.47. The number of rotatable bonds is 5. The van der Waals surface area contributed by atoms with E-state index in [1.807, 2.05) is 12.3 Å². The first-order valence-corrected chi connectivity index (χ1v) is 10.1. The highest BCUT2D eigenvalue weighted by Gasteiger charge is 2.19. The molecule has 2 aliphatic heterocycles. The van der Waals surface area contributed by atoms with E-state index >= 15 is 0 Å². The highest BCUT2D eigenvalue weighted by Crippen LogP contribution is 2.24. The Morgan fingerprint density at radius 1 is 1.04 bits per heavy atom. The summed E-state index contributed by atoms with van der Waals surface area (Å²) in [6.45, 7) is 9.58. The van der Waals surface area contributed by atoms with Crippen molar-refractivity contribution in [1.29, 1.82) is 0 Å². The summed E-state index contributed by atoms with van der Waals surface area (Å²) in [6.07, 6.45) is 3.01. The van der Waals surface area contributed by atoms with E-state index < -0.39 is 0 Å². The molecule has 5 nitrogen and oxygen atoms in total. The second-order valence-corrected chi connectivity index (χ2v) is 7.47. The maximum absolute atomic E-state index is 4.76. The summed E-state index contributed by atoms with van der Waals surface area (Å²) >= 11 is 0. The van der Waals surface area contributed by atoms with E-state index in [9.17, 15) is 0 Å². The van der Waals surface area contributed by atoms with E-state index in [2.05, 4.69) is 63.4 Å². The molecule has 0 bridgehead atoms. The van der Waals surface area contributed by atoms with Crippen LogP contribution in [0.4, 0.5) is 5.82 Å². The molecule has 1 saturated heterocycles. The number of anilines is 1. The van der Waals surface area contributed by atoms with Crippen molar-refractivity contribution in [2.75, 3.05) is 50.7 Å². The molecule has 27 heavy (non-hydrogen) atoms. The van der Waals surface area contributed by atoms with Gasteiger partial charge in [-0.1, -0.05) is 37.3 Å². The number of pyridine rings is 1. The number of nitrogens with one attached hydrogen (secondary N) is 1. The van der Waals surface area contributed by atoms with Crippen molar-refractivity contribution < 1.29 is 0 Å². The van der Waals surface area contributed by atoms with Crippen LogP contribution in [0.15, 0.2) is 53.7 Å². The second kappa shape index (κ2) is 8.53. The quantitative estimate of drug-likeness (QED) is 0.830. The van der Waals surface area contributed by atoms with Gasteiger partial charge in [0.1, 0.15) is 11.7 Å². The third-order valence-electron chi connectivity index (χ3n) is 5.56. The van der Waals surface area contributed by atoms with E-state index in [4.69, 9.17) is 4.99 Å². The molecule has 5 heteroatoms. The van der Waals surface area contributed by atoms with Crippen molar-refractivity contribution in [3.8, 4) is 0 Å². The van der Waals surface area contributed by atoms with Gasteiger partial charge in [-0.25, -0.2) is 4.98 Å². The number of nitrogens with zero attached hydrogens (tertiary/aromatic N) is 4. The maximum Gasteiger partial charge on any atom is 0.128 e. The van der Waals surface area contributed by atoms with Gasteiger partial charge in [-0.3, -0.25) is 9.89 Å². The summed E-state index contributed by atoms with van der Waals surface area (Å²) < 4.78 is 0. The van der Waals surface area contributed by atoms with Crippen LogP contribution in [0.1, 0.15) is 30.4 Å². The van der Waals surface area contributed by atoms with Crippen LogP contribution in [-0.4, -0.2) is 61.5 Å². The number of fused-ring (bicyclic) bond motifs is 1. The van der Waals surface area contributed by atoms with Crippen molar-refractivity contribution in [2.45, 2.75) is 19.3 Å². The third kappa shape index (κ3) is 4.30. The SMILES string of the molecule is CC1CN=C(NCCCN2CCN(c3ccccn3)CC2)c2ccccc21. The highest BCUT2D eigenvalue weighted by atomic mass is 15.3. The monoisotopic (exact) mass is 363 g/mol. The minimum Gasteiger partial charge on any atom is -0.370 e. The maximum atomic E-state index is 4.76. The van der Waals surface area contributed by atoms with Gasteiger partial charge in [0.2, 0.25) is 0 Å². The fourth-order valence-corrected chi connectivity index (χ4v) is 3.96. The Labute approximate surface area is 162 Å². The average molecular weight is 364 g/mol. The Balaban J connectivity index is 1.20. The molecular formula is C22H29N5. The molecule has 0 aliphatic carbocycles. The van der Waals surface area contributed by atoms with Crippen LogP contribution in [0.3, 0.4) is 0 Å². The standard InChI is InChI=1S/C22H29N5/c1-18-17-25-22(20-8-3-2-7-19(18)20)24-11-6-12-26-13-15-27(16-14-26)21-9-4-5-10-23-21/h2-5,7-10,18H,6,11-17H2,1H3,(H,24,25). The summed E-state index contributed by atoms with van der Waals surface area (Å²) in [5, 5.41) is 3.58. The fraction of sp³-hybridized carbons (Fsp3) is 0.455. The van der Waals surface area contributed by atoms with Crippen molar-refractivity contribution in [3.05, 3.63) is 59.8 Å². The summed E-state index contributed by atoms with van der Waals surface area (Å²) in [4.78, 5) is 14.2. The number of hydrogen-bond donors (Lipinski definition) is 1. The summed E-state index contributed by atoms with van der Waals surface area (Å²) in [6, 6.07) is 14.8. The predicted molar refractivity (Wildman–Crippen MR) is 112 cm³/mol. The van der Waals surface area contributed by atoms with E-state index in [0.717, 1.165) is 63.9 Å². The number of benzene rings is 1. The van der Waals surface area contributed by atoms with Crippen LogP contribution in [0.2, 0.25) is 0 Å². The van der Waals surface area contributed by atoms with Crippen molar-refractivity contribution in [3.63, 3.8) is 0 Å². The van der Waals surface area contributed by atoms with E-state index in [0.29, 0.717) is 5.92 Å². The number of aliphatic imine (C=N–C) groups is 1. The minimum absolute atomic E-state index is 0.516. The lowest BCUT2D eigenvalue weighted by atomic mass is 9.92. The molecule has 142 valence electrons.